The number of anilines is 1. The Hall–Kier alpha value is -2.82. The number of nitrogens with zero attached hydrogens (tertiary/aromatic N) is 1. The van der Waals surface area contributed by atoms with E-state index in [4.69, 9.17) is 4.74 Å². The highest BCUT2D eigenvalue weighted by Crippen LogP contribution is 2.25. The molecule has 2 aromatic rings. The predicted molar refractivity (Wildman–Crippen MR) is 106 cm³/mol. The van der Waals surface area contributed by atoms with E-state index in [0.29, 0.717) is 37.4 Å². The molecule has 1 aliphatic heterocycles. The number of amides is 2. The smallest absolute Gasteiger partial charge is 0.227 e. The number of para-hydroxylation sites is 1. The molecule has 5 heteroatoms. The van der Waals surface area contributed by atoms with Crippen LogP contribution in [0.4, 0.5) is 5.69 Å². The number of hydrogen-bond donors (Lipinski definition) is 1. The minimum Gasteiger partial charge on any atom is -0.457 e. The quantitative estimate of drug-likeness (QED) is 0.858. The monoisotopic (exact) mass is 366 g/mol. The van der Waals surface area contributed by atoms with Gasteiger partial charge in [-0.1, -0.05) is 38.1 Å². The van der Waals surface area contributed by atoms with E-state index >= 15 is 0 Å². The van der Waals surface area contributed by atoms with Crippen molar-refractivity contribution < 1.29 is 14.3 Å². The van der Waals surface area contributed by atoms with Gasteiger partial charge in [-0.15, -0.1) is 0 Å². The summed E-state index contributed by atoms with van der Waals surface area (Å²) in [5, 5.41) is 2.98. The number of nitrogens with one attached hydrogen (secondary N) is 1. The summed E-state index contributed by atoms with van der Waals surface area (Å²) in [5.41, 5.74) is 0.717. The van der Waals surface area contributed by atoms with Gasteiger partial charge in [0, 0.05) is 36.7 Å². The molecule has 1 fully saturated rings. The molecule has 0 radical (unpaired) electrons. The number of ether oxygens (including phenoxy) is 1. The molecule has 0 aromatic heterocycles. The van der Waals surface area contributed by atoms with Crippen molar-refractivity contribution in [3.8, 4) is 11.5 Å². The molecular weight excluding hydrogens is 340 g/mol. The molecule has 1 N–H and O–H groups in total. The summed E-state index contributed by atoms with van der Waals surface area (Å²) in [6.45, 7) is 5.11. The molecule has 1 aliphatic rings. The summed E-state index contributed by atoms with van der Waals surface area (Å²) >= 11 is 0. The Bertz CT molecular complexity index is 781. The minimum absolute atomic E-state index is 0.00253. The summed E-state index contributed by atoms with van der Waals surface area (Å²) in [4.78, 5) is 26.5. The number of carbonyl (C=O) groups excluding carboxylic acids is 2. The van der Waals surface area contributed by atoms with Crippen molar-refractivity contribution >= 4 is 17.5 Å². The van der Waals surface area contributed by atoms with Crippen molar-refractivity contribution in [1.82, 2.24) is 4.90 Å². The SMILES string of the molecule is CC(C)C(=O)N1CCC(C(=O)Nc2cccc(Oc3ccccc3)c2)CC1. The van der Waals surface area contributed by atoms with Crippen molar-refractivity contribution in [2.75, 3.05) is 18.4 Å². The molecule has 0 bridgehead atoms. The van der Waals surface area contributed by atoms with Gasteiger partial charge >= 0.3 is 0 Å². The van der Waals surface area contributed by atoms with Crippen LogP contribution in [0.2, 0.25) is 0 Å². The predicted octanol–water partition coefficient (Wildman–Crippen LogP) is 4.31. The third-order valence-electron chi connectivity index (χ3n) is 4.75. The van der Waals surface area contributed by atoms with Gasteiger partial charge in [-0.05, 0) is 37.1 Å². The van der Waals surface area contributed by atoms with Crippen molar-refractivity contribution in [3.63, 3.8) is 0 Å². The first kappa shape index (κ1) is 19.0. The maximum atomic E-state index is 12.6. The minimum atomic E-state index is -0.0695. The molecule has 0 atom stereocenters. The fourth-order valence-electron chi connectivity index (χ4n) is 3.23. The molecule has 5 nitrogen and oxygen atoms in total. The Labute approximate surface area is 160 Å². The number of piperidine rings is 1. The normalized spacial score (nSPS) is 14.9. The zero-order valence-electron chi connectivity index (χ0n) is 15.9. The molecule has 0 aliphatic carbocycles. The lowest BCUT2D eigenvalue weighted by Gasteiger charge is -2.32. The first-order chi connectivity index (χ1) is 13.0. The lowest BCUT2D eigenvalue weighted by molar-refractivity contribution is -0.137. The Kier molecular flexibility index (Phi) is 6.12. The van der Waals surface area contributed by atoms with Crippen molar-refractivity contribution in [3.05, 3.63) is 54.6 Å². The lowest BCUT2D eigenvalue weighted by Crippen LogP contribution is -2.43. The fourth-order valence-corrected chi connectivity index (χ4v) is 3.23. The Morgan fingerprint density at radius 2 is 1.67 bits per heavy atom. The number of carbonyl (C=O) groups is 2. The van der Waals surface area contributed by atoms with Gasteiger partial charge in [0.2, 0.25) is 11.8 Å². The van der Waals surface area contributed by atoms with Crippen LogP contribution < -0.4 is 10.1 Å². The fraction of sp³-hybridized carbons (Fsp3) is 0.364. The van der Waals surface area contributed by atoms with Gasteiger partial charge in [0.15, 0.2) is 0 Å². The molecule has 1 heterocycles. The van der Waals surface area contributed by atoms with Gasteiger partial charge in [-0.2, -0.15) is 0 Å². The van der Waals surface area contributed by atoms with E-state index in [1.165, 1.54) is 0 Å². The van der Waals surface area contributed by atoms with Gasteiger partial charge in [-0.25, -0.2) is 0 Å². The van der Waals surface area contributed by atoms with E-state index in [2.05, 4.69) is 5.32 Å². The summed E-state index contributed by atoms with van der Waals surface area (Å²) in [6.07, 6.45) is 1.40. The van der Waals surface area contributed by atoms with Crippen molar-refractivity contribution in [2.24, 2.45) is 11.8 Å². The first-order valence-electron chi connectivity index (χ1n) is 9.45. The number of hydrogen-bond acceptors (Lipinski definition) is 3. The molecule has 3 rings (SSSR count). The van der Waals surface area contributed by atoms with E-state index in [9.17, 15) is 9.59 Å². The molecular formula is C22H26N2O3. The van der Waals surface area contributed by atoms with Gasteiger partial charge in [0.25, 0.3) is 0 Å². The number of benzene rings is 2. The number of likely N-dealkylation sites (tertiary alicyclic amines) is 1. The third kappa shape index (κ3) is 5.09. The Morgan fingerprint density at radius 3 is 2.33 bits per heavy atom. The largest absolute Gasteiger partial charge is 0.457 e. The standard InChI is InChI=1S/C22H26N2O3/c1-16(2)22(26)24-13-11-17(12-14-24)21(25)23-18-7-6-10-20(15-18)27-19-8-4-3-5-9-19/h3-10,15-17H,11-14H2,1-2H3,(H,23,25). The second-order valence-electron chi connectivity index (χ2n) is 7.19. The van der Waals surface area contributed by atoms with Crippen LogP contribution in [-0.4, -0.2) is 29.8 Å². The number of rotatable bonds is 5. The van der Waals surface area contributed by atoms with Crippen molar-refractivity contribution in [1.29, 1.82) is 0 Å². The van der Waals surface area contributed by atoms with E-state index in [0.717, 1.165) is 5.75 Å². The van der Waals surface area contributed by atoms with Crippen LogP contribution in [0, 0.1) is 11.8 Å². The molecule has 1 saturated heterocycles. The van der Waals surface area contributed by atoms with E-state index in [1.807, 2.05) is 73.3 Å². The van der Waals surface area contributed by atoms with Crippen molar-refractivity contribution in [2.45, 2.75) is 26.7 Å². The molecule has 27 heavy (non-hydrogen) atoms. The molecule has 2 amide bonds. The average Bonchev–Trinajstić information content (AvgIpc) is 2.68. The van der Waals surface area contributed by atoms with Gasteiger partial charge < -0.3 is 15.0 Å². The molecule has 142 valence electrons. The summed E-state index contributed by atoms with van der Waals surface area (Å²) in [5.74, 6) is 1.53. The molecule has 0 saturated carbocycles. The topological polar surface area (TPSA) is 58.6 Å². The van der Waals surface area contributed by atoms with Gasteiger partial charge in [0.05, 0.1) is 0 Å². The van der Waals surface area contributed by atoms with Crippen LogP contribution in [-0.2, 0) is 9.59 Å². The highest BCUT2D eigenvalue weighted by atomic mass is 16.5. The van der Waals surface area contributed by atoms with Crippen LogP contribution in [0.25, 0.3) is 0 Å². The third-order valence-corrected chi connectivity index (χ3v) is 4.75. The zero-order chi connectivity index (χ0) is 19.2. The van der Waals surface area contributed by atoms with E-state index in [-0.39, 0.29) is 23.7 Å². The van der Waals surface area contributed by atoms with Crippen LogP contribution in [0.15, 0.2) is 54.6 Å². The van der Waals surface area contributed by atoms with Crippen LogP contribution in [0.1, 0.15) is 26.7 Å². The zero-order valence-corrected chi connectivity index (χ0v) is 15.9. The van der Waals surface area contributed by atoms with Crippen LogP contribution >= 0.6 is 0 Å². The van der Waals surface area contributed by atoms with Gasteiger partial charge in [-0.3, -0.25) is 9.59 Å². The summed E-state index contributed by atoms with van der Waals surface area (Å²) in [7, 11) is 0. The summed E-state index contributed by atoms with van der Waals surface area (Å²) < 4.78 is 5.81. The molecule has 0 unspecified atom stereocenters. The van der Waals surface area contributed by atoms with Crippen LogP contribution in [0.5, 0.6) is 11.5 Å². The average molecular weight is 366 g/mol. The lowest BCUT2D eigenvalue weighted by atomic mass is 9.95. The van der Waals surface area contributed by atoms with Gasteiger partial charge in [0.1, 0.15) is 11.5 Å². The van der Waals surface area contributed by atoms with E-state index in [1.54, 1.807) is 0 Å². The maximum absolute atomic E-state index is 12.6. The highest BCUT2D eigenvalue weighted by molar-refractivity contribution is 5.93. The van der Waals surface area contributed by atoms with E-state index < -0.39 is 0 Å². The summed E-state index contributed by atoms with van der Waals surface area (Å²) in [6, 6.07) is 16.9. The first-order valence-corrected chi connectivity index (χ1v) is 9.45. The second kappa shape index (κ2) is 8.71. The Morgan fingerprint density at radius 1 is 1.00 bits per heavy atom. The maximum Gasteiger partial charge on any atom is 0.227 e. The van der Waals surface area contributed by atoms with Crippen LogP contribution in [0.3, 0.4) is 0 Å². The highest BCUT2D eigenvalue weighted by Gasteiger charge is 2.28. The Balaban J connectivity index is 1.55. The molecule has 0 spiro atoms. The molecule has 2 aromatic carbocycles. The second-order valence-corrected chi connectivity index (χ2v) is 7.19.